The van der Waals surface area contributed by atoms with Crippen molar-refractivity contribution in [2.75, 3.05) is 23.6 Å². The van der Waals surface area contributed by atoms with Crippen molar-refractivity contribution in [2.45, 2.75) is 19.8 Å². The van der Waals surface area contributed by atoms with E-state index in [1.807, 2.05) is 24.3 Å². The normalized spacial score (nSPS) is 18.3. The number of nitrogens with one attached hydrogen (secondary N) is 1. The molecule has 1 N–H and O–H groups in total. The van der Waals surface area contributed by atoms with Crippen molar-refractivity contribution < 1.29 is 19.1 Å². The van der Waals surface area contributed by atoms with Crippen LogP contribution in [0.4, 0.5) is 11.4 Å². The Balaban J connectivity index is 1.43. The molecule has 6 heteroatoms. The Kier molecular flexibility index (Phi) is 4.24. The summed E-state index contributed by atoms with van der Waals surface area (Å²) in [6.45, 7) is 2.67. The first-order chi connectivity index (χ1) is 12.6. The maximum absolute atomic E-state index is 12.6. The number of ether oxygens (including phenoxy) is 2. The van der Waals surface area contributed by atoms with Crippen molar-refractivity contribution in [1.82, 2.24) is 0 Å². The molecule has 6 nitrogen and oxygen atoms in total. The molecule has 2 amide bonds. The Labute approximate surface area is 151 Å². The Morgan fingerprint density at radius 3 is 2.69 bits per heavy atom. The lowest BCUT2D eigenvalue weighted by Gasteiger charge is -2.17. The third-order valence-electron chi connectivity index (χ3n) is 4.79. The van der Waals surface area contributed by atoms with Gasteiger partial charge in [0.15, 0.2) is 11.5 Å². The quantitative estimate of drug-likeness (QED) is 0.919. The molecule has 0 spiro atoms. The Bertz CT molecular complexity index is 847. The van der Waals surface area contributed by atoms with Gasteiger partial charge in [0.2, 0.25) is 18.6 Å². The van der Waals surface area contributed by atoms with Gasteiger partial charge in [-0.3, -0.25) is 9.59 Å². The van der Waals surface area contributed by atoms with Crippen molar-refractivity contribution in [3.63, 3.8) is 0 Å². The summed E-state index contributed by atoms with van der Waals surface area (Å²) in [5.41, 5.74) is 2.69. The molecule has 0 radical (unpaired) electrons. The minimum absolute atomic E-state index is 0.0277. The van der Waals surface area contributed by atoms with Crippen LogP contribution >= 0.6 is 0 Å². The van der Waals surface area contributed by atoms with Gasteiger partial charge >= 0.3 is 0 Å². The Hall–Kier alpha value is -3.02. The zero-order valence-corrected chi connectivity index (χ0v) is 14.5. The number of hydrogen-bond donors (Lipinski definition) is 1. The molecule has 2 aromatic carbocycles. The van der Waals surface area contributed by atoms with Crippen LogP contribution in [0.2, 0.25) is 0 Å². The van der Waals surface area contributed by atoms with Gasteiger partial charge in [0.25, 0.3) is 0 Å². The van der Waals surface area contributed by atoms with E-state index in [2.05, 4.69) is 12.2 Å². The predicted octanol–water partition coefficient (Wildman–Crippen LogP) is 2.97. The summed E-state index contributed by atoms with van der Waals surface area (Å²) in [7, 11) is 0. The van der Waals surface area contributed by atoms with Crippen molar-refractivity contribution in [1.29, 1.82) is 0 Å². The lowest BCUT2D eigenvalue weighted by molar-refractivity contribution is -0.122. The monoisotopic (exact) mass is 352 g/mol. The van der Waals surface area contributed by atoms with Crippen LogP contribution in [0.15, 0.2) is 42.5 Å². The molecule has 1 unspecified atom stereocenters. The molecule has 0 bridgehead atoms. The molecule has 0 aliphatic carbocycles. The third kappa shape index (κ3) is 3.10. The van der Waals surface area contributed by atoms with E-state index >= 15 is 0 Å². The van der Waals surface area contributed by atoms with E-state index in [1.54, 1.807) is 23.1 Å². The smallest absolute Gasteiger partial charge is 0.231 e. The summed E-state index contributed by atoms with van der Waals surface area (Å²) in [5, 5.41) is 2.87. The first-order valence-electron chi connectivity index (χ1n) is 8.74. The maximum Gasteiger partial charge on any atom is 0.231 e. The minimum atomic E-state index is -0.376. The van der Waals surface area contributed by atoms with Crippen LogP contribution in [0.3, 0.4) is 0 Å². The van der Waals surface area contributed by atoms with Crippen LogP contribution in [0.5, 0.6) is 11.5 Å². The third-order valence-corrected chi connectivity index (χ3v) is 4.79. The first-order valence-corrected chi connectivity index (χ1v) is 8.74. The standard InChI is InChI=1S/C20H20N2O4/c1-2-13-3-6-16(7-4-13)22-11-14(9-19(22)23)20(24)21-15-5-8-17-18(10-15)26-12-25-17/h3-8,10,14H,2,9,11-12H2,1H3,(H,21,24). The zero-order chi connectivity index (χ0) is 18.1. The van der Waals surface area contributed by atoms with Gasteiger partial charge in [-0.1, -0.05) is 19.1 Å². The number of fused-ring (bicyclic) bond motifs is 1. The van der Waals surface area contributed by atoms with E-state index in [4.69, 9.17) is 9.47 Å². The minimum Gasteiger partial charge on any atom is -0.454 e. The van der Waals surface area contributed by atoms with Crippen LogP contribution < -0.4 is 19.7 Å². The summed E-state index contributed by atoms with van der Waals surface area (Å²) >= 11 is 0. The van der Waals surface area contributed by atoms with Gasteiger partial charge in [-0.15, -0.1) is 0 Å². The summed E-state index contributed by atoms with van der Waals surface area (Å²) < 4.78 is 10.6. The van der Waals surface area contributed by atoms with Gasteiger partial charge in [-0.05, 0) is 36.2 Å². The van der Waals surface area contributed by atoms with Crippen LogP contribution in [0.25, 0.3) is 0 Å². The van der Waals surface area contributed by atoms with E-state index < -0.39 is 0 Å². The van der Waals surface area contributed by atoms with Crippen LogP contribution in [0.1, 0.15) is 18.9 Å². The molecule has 134 valence electrons. The highest BCUT2D eigenvalue weighted by molar-refractivity contribution is 6.03. The number of hydrogen-bond acceptors (Lipinski definition) is 4. The predicted molar refractivity (Wildman–Crippen MR) is 97.5 cm³/mol. The number of aryl methyl sites for hydroxylation is 1. The number of nitrogens with zero attached hydrogens (tertiary/aromatic N) is 1. The average Bonchev–Trinajstić information content (AvgIpc) is 3.28. The largest absolute Gasteiger partial charge is 0.454 e. The Morgan fingerprint density at radius 2 is 1.92 bits per heavy atom. The Morgan fingerprint density at radius 1 is 1.15 bits per heavy atom. The second-order valence-corrected chi connectivity index (χ2v) is 6.48. The van der Waals surface area contributed by atoms with E-state index in [0.717, 1.165) is 12.1 Å². The topological polar surface area (TPSA) is 67.9 Å². The fourth-order valence-corrected chi connectivity index (χ4v) is 3.26. The second-order valence-electron chi connectivity index (χ2n) is 6.48. The second kappa shape index (κ2) is 6.71. The van der Waals surface area contributed by atoms with Gasteiger partial charge in [-0.25, -0.2) is 0 Å². The maximum atomic E-state index is 12.6. The van der Waals surface area contributed by atoms with Gasteiger partial charge in [-0.2, -0.15) is 0 Å². The molecule has 26 heavy (non-hydrogen) atoms. The van der Waals surface area contributed by atoms with Crippen molar-refractivity contribution in [3.05, 3.63) is 48.0 Å². The van der Waals surface area contributed by atoms with Gasteiger partial charge in [0.05, 0.1) is 5.92 Å². The molecule has 1 saturated heterocycles. The molecular formula is C20H20N2O4. The summed E-state index contributed by atoms with van der Waals surface area (Å²) in [5.74, 6) is 0.715. The molecule has 2 aliphatic rings. The highest BCUT2D eigenvalue weighted by atomic mass is 16.7. The summed E-state index contributed by atoms with van der Waals surface area (Å²) in [6, 6.07) is 13.2. The molecule has 1 atom stereocenters. The number of amides is 2. The molecule has 4 rings (SSSR count). The average molecular weight is 352 g/mol. The SMILES string of the molecule is CCc1ccc(N2CC(C(=O)Nc3ccc4c(c3)OCO4)CC2=O)cc1. The van der Waals surface area contributed by atoms with Crippen LogP contribution in [-0.4, -0.2) is 25.2 Å². The lowest BCUT2D eigenvalue weighted by atomic mass is 10.1. The van der Waals surface area contributed by atoms with E-state index in [9.17, 15) is 9.59 Å². The fraction of sp³-hybridized carbons (Fsp3) is 0.300. The highest BCUT2D eigenvalue weighted by Gasteiger charge is 2.35. The van der Waals surface area contributed by atoms with Gasteiger partial charge < -0.3 is 19.7 Å². The highest BCUT2D eigenvalue weighted by Crippen LogP contribution is 2.34. The first kappa shape index (κ1) is 16.4. The van der Waals surface area contributed by atoms with Crippen LogP contribution in [0, 0.1) is 5.92 Å². The zero-order valence-electron chi connectivity index (χ0n) is 14.5. The molecule has 1 fully saturated rings. The molecule has 2 aromatic rings. The molecular weight excluding hydrogens is 332 g/mol. The van der Waals surface area contributed by atoms with E-state index in [-0.39, 0.29) is 30.9 Å². The van der Waals surface area contributed by atoms with E-state index in [0.29, 0.717) is 23.7 Å². The summed E-state index contributed by atoms with van der Waals surface area (Å²) in [4.78, 5) is 26.6. The van der Waals surface area contributed by atoms with Crippen LogP contribution in [-0.2, 0) is 16.0 Å². The fourth-order valence-electron chi connectivity index (χ4n) is 3.26. The number of carbonyl (C=O) groups is 2. The van der Waals surface area contributed by atoms with Gasteiger partial charge in [0.1, 0.15) is 0 Å². The molecule has 2 heterocycles. The molecule has 0 aromatic heterocycles. The van der Waals surface area contributed by atoms with Crippen molar-refractivity contribution in [2.24, 2.45) is 5.92 Å². The molecule has 0 saturated carbocycles. The van der Waals surface area contributed by atoms with Crippen molar-refractivity contribution in [3.8, 4) is 11.5 Å². The lowest BCUT2D eigenvalue weighted by Crippen LogP contribution is -2.28. The molecule has 2 aliphatic heterocycles. The summed E-state index contributed by atoms with van der Waals surface area (Å²) in [6.07, 6.45) is 1.17. The number of rotatable bonds is 4. The van der Waals surface area contributed by atoms with Gasteiger partial charge in [0, 0.05) is 30.4 Å². The number of anilines is 2. The number of benzene rings is 2. The number of carbonyl (C=O) groups excluding carboxylic acids is 2. The van der Waals surface area contributed by atoms with Crippen molar-refractivity contribution >= 4 is 23.2 Å². The van der Waals surface area contributed by atoms with E-state index in [1.165, 1.54) is 5.56 Å².